The van der Waals surface area contributed by atoms with Crippen LogP contribution in [0.4, 0.5) is 4.39 Å². The highest BCUT2D eigenvalue weighted by atomic mass is 79.9. The molecule has 0 aliphatic rings. The summed E-state index contributed by atoms with van der Waals surface area (Å²) in [5, 5.41) is 13.3. The van der Waals surface area contributed by atoms with Crippen molar-refractivity contribution in [3.8, 4) is 0 Å². The number of carboxylic acids is 1. The first-order valence-corrected chi connectivity index (χ1v) is 4.85. The van der Waals surface area contributed by atoms with E-state index in [9.17, 15) is 9.18 Å². The quantitative estimate of drug-likeness (QED) is 0.866. The number of carboxylic acid groups (broad SMARTS) is 1. The van der Waals surface area contributed by atoms with Gasteiger partial charge in [0.05, 0.1) is 11.1 Å². The highest BCUT2D eigenvalue weighted by Crippen LogP contribution is 2.25. The Balaban J connectivity index is 2.82. The van der Waals surface area contributed by atoms with Crippen molar-refractivity contribution in [1.82, 2.24) is 9.78 Å². The van der Waals surface area contributed by atoms with E-state index in [-0.39, 0.29) is 5.56 Å². The fourth-order valence-electron chi connectivity index (χ4n) is 1.35. The van der Waals surface area contributed by atoms with Crippen LogP contribution in [0, 0.1) is 5.82 Å². The van der Waals surface area contributed by atoms with Crippen molar-refractivity contribution in [3.05, 3.63) is 28.1 Å². The normalized spacial score (nSPS) is 10.9. The molecule has 0 amide bonds. The number of fused-ring (bicyclic) bond motifs is 1. The van der Waals surface area contributed by atoms with E-state index in [0.29, 0.717) is 15.5 Å². The van der Waals surface area contributed by atoms with E-state index >= 15 is 0 Å². The SMILES string of the molecule is Cn1nc2cc(C(=O)O)c(F)cc2c1Br. The highest BCUT2D eigenvalue weighted by Gasteiger charge is 2.15. The van der Waals surface area contributed by atoms with Crippen molar-refractivity contribution in [1.29, 1.82) is 0 Å². The number of benzene rings is 1. The summed E-state index contributed by atoms with van der Waals surface area (Å²) in [5.41, 5.74) is 0.0799. The zero-order chi connectivity index (χ0) is 11.2. The molecule has 0 radical (unpaired) electrons. The minimum atomic E-state index is -1.30. The molecule has 15 heavy (non-hydrogen) atoms. The molecule has 78 valence electrons. The Kier molecular flexibility index (Phi) is 2.22. The molecule has 6 heteroatoms. The molecule has 0 unspecified atom stereocenters. The topological polar surface area (TPSA) is 55.1 Å². The lowest BCUT2D eigenvalue weighted by atomic mass is 10.1. The van der Waals surface area contributed by atoms with Gasteiger partial charge in [-0.3, -0.25) is 4.68 Å². The molecule has 1 aromatic carbocycles. The molecule has 0 saturated heterocycles. The average Bonchev–Trinajstić information content (AvgIpc) is 2.43. The third-order valence-electron chi connectivity index (χ3n) is 2.08. The standard InChI is InChI=1S/C9H6BrFN2O2/c1-13-8(10)5-2-6(11)4(9(14)15)3-7(5)12-13/h2-3H,1H3,(H,14,15). The van der Waals surface area contributed by atoms with Gasteiger partial charge in [-0.05, 0) is 28.1 Å². The van der Waals surface area contributed by atoms with Crippen LogP contribution in [0.15, 0.2) is 16.7 Å². The van der Waals surface area contributed by atoms with E-state index in [4.69, 9.17) is 5.11 Å². The first kappa shape index (κ1) is 10.1. The second-order valence-electron chi connectivity index (χ2n) is 3.07. The summed E-state index contributed by atoms with van der Waals surface area (Å²) in [6.07, 6.45) is 0. The summed E-state index contributed by atoms with van der Waals surface area (Å²) in [7, 11) is 1.68. The van der Waals surface area contributed by atoms with Crippen molar-refractivity contribution in [3.63, 3.8) is 0 Å². The smallest absolute Gasteiger partial charge is 0.338 e. The van der Waals surface area contributed by atoms with Gasteiger partial charge in [-0.15, -0.1) is 0 Å². The van der Waals surface area contributed by atoms with Crippen molar-refractivity contribution in [2.24, 2.45) is 7.05 Å². The maximum atomic E-state index is 13.3. The van der Waals surface area contributed by atoms with Gasteiger partial charge in [0.1, 0.15) is 10.4 Å². The maximum absolute atomic E-state index is 13.3. The largest absolute Gasteiger partial charge is 0.478 e. The fourth-order valence-corrected chi connectivity index (χ4v) is 1.75. The minimum Gasteiger partial charge on any atom is -0.478 e. The predicted molar refractivity (Wildman–Crippen MR) is 55.3 cm³/mol. The van der Waals surface area contributed by atoms with E-state index in [1.165, 1.54) is 10.7 Å². The number of rotatable bonds is 1. The van der Waals surface area contributed by atoms with Crippen molar-refractivity contribution < 1.29 is 14.3 Å². The van der Waals surface area contributed by atoms with Crippen LogP contribution in [0.1, 0.15) is 10.4 Å². The van der Waals surface area contributed by atoms with Crippen molar-refractivity contribution >= 4 is 32.8 Å². The third-order valence-corrected chi connectivity index (χ3v) is 3.02. The number of aromatic nitrogens is 2. The number of carbonyl (C=O) groups is 1. The van der Waals surface area contributed by atoms with Crippen LogP contribution < -0.4 is 0 Å². The summed E-state index contributed by atoms with van der Waals surface area (Å²) in [6.45, 7) is 0. The average molecular weight is 273 g/mol. The Hall–Kier alpha value is -1.43. The molecule has 0 atom stereocenters. The number of aryl methyl sites for hydroxylation is 1. The summed E-state index contributed by atoms with van der Waals surface area (Å²) < 4.78 is 15.4. The zero-order valence-corrected chi connectivity index (χ0v) is 9.25. The predicted octanol–water partition coefficient (Wildman–Crippen LogP) is 2.17. The number of nitrogens with zero attached hydrogens (tertiary/aromatic N) is 2. The monoisotopic (exact) mass is 272 g/mol. The number of halogens is 2. The van der Waals surface area contributed by atoms with Crippen LogP contribution in [-0.2, 0) is 7.05 Å². The first-order chi connectivity index (χ1) is 7.00. The van der Waals surface area contributed by atoms with Crippen molar-refractivity contribution in [2.75, 3.05) is 0 Å². The summed E-state index contributed by atoms with van der Waals surface area (Å²) in [4.78, 5) is 10.7. The molecule has 2 rings (SSSR count). The van der Waals surface area contributed by atoms with Crippen molar-refractivity contribution in [2.45, 2.75) is 0 Å². The summed E-state index contributed by atoms with van der Waals surface area (Å²) >= 11 is 3.23. The lowest BCUT2D eigenvalue weighted by Gasteiger charge is -1.96. The molecule has 4 nitrogen and oxygen atoms in total. The van der Waals surface area contributed by atoms with Crippen LogP contribution in [0.3, 0.4) is 0 Å². The lowest BCUT2D eigenvalue weighted by Crippen LogP contribution is -1.99. The Labute approximate surface area is 92.4 Å². The number of hydrogen-bond acceptors (Lipinski definition) is 2. The van der Waals surface area contributed by atoms with Gasteiger partial charge in [0.25, 0.3) is 0 Å². The third kappa shape index (κ3) is 1.50. The fraction of sp³-hybridized carbons (Fsp3) is 0.111. The Morgan fingerprint density at radius 2 is 2.27 bits per heavy atom. The second kappa shape index (κ2) is 3.30. The van der Waals surface area contributed by atoms with E-state index in [1.807, 2.05) is 0 Å². The molecule has 0 bridgehead atoms. The number of hydrogen-bond donors (Lipinski definition) is 1. The molecular weight excluding hydrogens is 267 g/mol. The Morgan fingerprint density at radius 1 is 1.60 bits per heavy atom. The van der Waals surface area contributed by atoms with Gasteiger partial charge in [0.15, 0.2) is 0 Å². The second-order valence-corrected chi connectivity index (χ2v) is 3.82. The Morgan fingerprint density at radius 3 is 2.87 bits per heavy atom. The van der Waals surface area contributed by atoms with Crippen LogP contribution in [-0.4, -0.2) is 20.9 Å². The molecule has 1 heterocycles. The highest BCUT2D eigenvalue weighted by molar-refractivity contribution is 9.10. The van der Waals surface area contributed by atoms with E-state index in [0.717, 1.165) is 6.07 Å². The molecule has 1 N–H and O–H groups in total. The molecule has 2 aromatic rings. The number of aromatic carboxylic acids is 1. The van der Waals surface area contributed by atoms with Crippen LogP contribution in [0.5, 0.6) is 0 Å². The lowest BCUT2D eigenvalue weighted by molar-refractivity contribution is 0.0692. The van der Waals surface area contributed by atoms with E-state index in [1.54, 1.807) is 7.05 Å². The van der Waals surface area contributed by atoms with Crippen LogP contribution in [0.2, 0.25) is 0 Å². The molecule has 1 aromatic heterocycles. The van der Waals surface area contributed by atoms with Crippen LogP contribution >= 0.6 is 15.9 Å². The van der Waals surface area contributed by atoms with Gasteiger partial charge in [0.2, 0.25) is 0 Å². The van der Waals surface area contributed by atoms with Gasteiger partial charge < -0.3 is 5.11 Å². The van der Waals surface area contributed by atoms with E-state index < -0.39 is 11.8 Å². The van der Waals surface area contributed by atoms with E-state index in [2.05, 4.69) is 21.0 Å². The van der Waals surface area contributed by atoms with Gasteiger partial charge >= 0.3 is 5.97 Å². The molecule has 0 spiro atoms. The molecular formula is C9H6BrFN2O2. The molecule has 0 aliphatic carbocycles. The summed E-state index contributed by atoms with van der Waals surface area (Å²) in [5.74, 6) is -2.06. The molecule has 0 aliphatic heterocycles. The zero-order valence-electron chi connectivity index (χ0n) is 7.66. The molecule has 0 saturated carbocycles. The van der Waals surface area contributed by atoms with Gasteiger partial charge in [0, 0.05) is 12.4 Å². The Bertz CT molecular complexity index is 565. The van der Waals surface area contributed by atoms with Crippen LogP contribution in [0.25, 0.3) is 10.9 Å². The van der Waals surface area contributed by atoms with Gasteiger partial charge in [-0.1, -0.05) is 0 Å². The van der Waals surface area contributed by atoms with Gasteiger partial charge in [-0.2, -0.15) is 5.10 Å². The first-order valence-electron chi connectivity index (χ1n) is 4.05. The summed E-state index contributed by atoms with van der Waals surface area (Å²) in [6, 6.07) is 2.38. The van der Waals surface area contributed by atoms with Gasteiger partial charge in [-0.25, -0.2) is 9.18 Å². The maximum Gasteiger partial charge on any atom is 0.338 e. The minimum absolute atomic E-state index is 0.367. The molecule has 0 fully saturated rings.